The van der Waals surface area contributed by atoms with Crippen LogP contribution in [0.5, 0.6) is 0 Å². The van der Waals surface area contributed by atoms with Crippen molar-refractivity contribution >= 4 is 11.6 Å². The summed E-state index contributed by atoms with van der Waals surface area (Å²) in [4.78, 5) is 14.0. The Morgan fingerprint density at radius 2 is 2.26 bits per heavy atom. The highest BCUT2D eigenvalue weighted by Crippen LogP contribution is 2.18. The van der Waals surface area contributed by atoms with Gasteiger partial charge in [-0.3, -0.25) is 4.79 Å². The topological polar surface area (TPSA) is 58.4 Å². The summed E-state index contributed by atoms with van der Waals surface area (Å²) in [5.74, 6) is -2.23. The molecule has 1 atom stereocenters. The van der Waals surface area contributed by atoms with Crippen molar-refractivity contribution in [1.82, 2.24) is 10.2 Å². The molecule has 1 saturated heterocycles. The zero-order chi connectivity index (χ0) is 14.0. The van der Waals surface area contributed by atoms with Crippen LogP contribution < -0.4 is 11.1 Å². The van der Waals surface area contributed by atoms with Gasteiger partial charge in [-0.2, -0.15) is 0 Å². The summed E-state index contributed by atoms with van der Waals surface area (Å²) in [7, 11) is 1.98. The number of likely N-dealkylation sites (N-methyl/N-ethyl adjacent to an activating group) is 1. The molecular weight excluding hydrogens is 252 g/mol. The lowest BCUT2D eigenvalue weighted by molar-refractivity contribution is 0.0939. The summed E-state index contributed by atoms with van der Waals surface area (Å²) < 4.78 is 26.8. The van der Waals surface area contributed by atoms with Crippen molar-refractivity contribution in [3.63, 3.8) is 0 Å². The maximum absolute atomic E-state index is 13.6. The smallest absolute Gasteiger partial charge is 0.254 e. The first-order chi connectivity index (χ1) is 8.99. The van der Waals surface area contributed by atoms with Gasteiger partial charge in [0.1, 0.15) is 5.82 Å². The molecule has 1 aromatic rings. The lowest BCUT2D eigenvalue weighted by Gasteiger charge is -2.19. The second-order valence-corrected chi connectivity index (χ2v) is 4.84. The molecule has 1 unspecified atom stereocenters. The number of amides is 1. The number of carbonyl (C=O) groups is 1. The van der Waals surface area contributed by atoms with Gasteiger partial charge in [0.2, 0.25) is 0 Å². The third kappa shape index (κ3) is 3.01. The predicted molar refractivity (Wildman–Crippen MR) is 68.8 cm³/mol. The largest absolute Gasteiger partial charge is 0.396 e. The van der Waals surface area contributed by atoms with Gasteiger partial charge in [0, 0.05) is 12.6 Å². The van der Waals surface area contributed by atoms with Crippen LogP contribution >= 0.6 is 0 Å². The first kappa shape index (κ1) is 13.7. The van der Waals surface area contributed by atoms with Crippen LogP contribution in [0.15, 0.2) is 12.1 Å². The molecule has 1 heterocycles. The molecular formula is C13H17F2N3O. The summed E-state index contributed by atoms with van der Waals surface area (Å²) in [6.07, 6.45) is 2.07. The Morgan fingerprint density at radius 1 is 1.53 bits per heavy atom. The van der Waals surface area contributed by atoms with Crippen molar-refractivity contribution in [3.05, 3.63) is 29.3 Å². The van der Waals surface area contributed by atoms with E-state index >= 15 is 0 Å². The zero-order valence-corrected chi connectivity index (χ0v) is 10.7. The Bertz CT molecular complexity index is 493. The van der Waals surface area contributed by atoms with Crippen molar-refractivity contribution in [1.29, 1.82) is 0 Å². The minimum Gasteiger partial charge on any atom is -0.396 e. The number of benzene rings is 1. The molecule has 0 spiro atoms. The van der Waals surface area contributed by atoms with Crippen LogP contribution in [0.3, 0.4) is 0 Å². The number of hydrogen-bond acceptors (Lipinski definition) is 3. The van der Waals surface area contributed by atoms with E-state index in [-0.39, 0.29) is 17.3 Å². The van der Waals surface area contributed by atoms with Crippen molar-refractivity contribution < 1.29 is 13.6 Å². The lowest BCUT2D eigenvalue weighted by atomic mass is 10.1. The van der Waals surface area contributed by atoms with E-state index in [4.69, 9.17) is 5.73 Å². The molecule has 0 saturated carbocycles. The number of rotatable bonds is 3. The molecule has 104 valence electrons. The molecule has 4 nitrogen and oxygen atoms in total. The number of nitrogens with two attached hydrogens (primary N) is 1. The van der Waals surface area contributed by atoms with Gasteiger partial charge < -0.3 is 16.0 Å². The summed E-state index contributed by atoms with van der Waals surface area (Å²) in [5, 5.41) is 2.62. The number of likely N-dealkylation sites (tertiary alicyclic amines) is 1. The molecule has 1 fully saturated rings. The quantitative estimate of drug-likeness (QED) is 0.815. The summed E-state index contributed by atoms with van der Waals surface area (Å²) in [5.41, 5.74) is 4.59. The summed E-state index contributed by atoms with van der Waals surface area (Å²) >= 11 is 0. The van der Waals surface area contributed by atoms with E-state index in [2.05, 4.69) is 10.2 Å². The molecule has 1 aliphatic rings. The van der Waals surface area contributed by atoms with Crippen LogP contribution in [0.25, 0.3) is 0 Å². The van der Waals surface area contributed by atoms with Crippen LogP contribution in [-0.2, 0) is 0 Å². The van der Waals surface area contributed by atoms with Crippen molar-refractivity contribution in [2.45, 2.75) is 18.9 Å². The van der Waals surface area contributed by atoms with E-state index in [1.165, 1.54) is 0 Å². The minimum atomic E-state index is -0.876. The number of hydrogen-bond donors (Lipinski definition) is 2. The second-order valence-electron chi connectivity index (χ2n) is 4.84. The van der Waals surface area contributed by atoms with Crippen LogP contribution in [0.2, 0.25) is 0 Å². The van der Waals surface area contributed by atoms with Crippen LogP contribution in [0.4, 0.5) is 14.5 Å². The highest BCUT2D eigenvalue weighted by Gasteiger charge is 2.22. The summed E-state index contributed by atoms with van der Waals surface area (Å²) in [6.45, 7) is 1.41. The first-order valence-corrected chi connectivity index (χ1v) is 6.22. The molecule has 2 rings (SSSR count). The molecule has 6 heteroatoms. The van der Waals surface area contributed by atoms with E-state index in [9.17, 15) is 13.6 Å². The number of anilines is 1. The predicted octanol–water partition coefficient (Wildman–Crippen LogP) is 1.37. The van der Waals surface area contributed by atoms with Gasteiger partial charge >= 0.3 is 0 Å². The fourth-order valence-corrected chi connectivity index (χ4v) is 2.32. The van der Waals surface area contributed by atoms with Gasteiger partial charge in [-0.1, -0.05) is 0 Å². The highest BCUT2D eigenvalue weighted by molar-refractivity contribution is 5.95. The minimum absolute atomic E-state index is 0.248. The van der Waals surface area contributed by atoms with E-state index in [1.54, 1.807) is 0 Å². The van der Waals surface area contributed by atoms with Crippen molar-refractivity contribution in [3.8, 4) is 0 Å². The molecule has 1 amide bonds. The van der Waals surface area contributed by atoms with Gasteiger partial charge in [-0.25, -0.2) is 8.78 Å². The first-order valence-electron chi connectivity index (χ1n) is 6.22. The van der Waals surface area contributed by atoms with Crippen LogP contribution in [0, 0.1) is 11.6 Å². The summed E-state index contributed by atoms with van der Waals surface area (Å²) in [6, 6.07) is 1.97. The molecule has 1 aliphatic heterocycles. The molecule has 0 radical (unpaired) electrons. The number of nitrogens with one attached hydrogen (secondary N) is 1. The Kier molecular flexibility index (Phi) is 3.99. The average Bonchev–Trinajstić information content (AvgIpc) is 2.76. The maximum atomic E-state index is 13.6. The van der Waals surface area contributed by atoms with Gasteiger partial charge in [0.25, 0.3) is 5.91 Å². The Hall–Kier alpha value is -1.69. The SMILES string of the molecule is CN1CCCC1CNC(=O)c1cc(F)cc(N)c1F. The monoisotopic (exact) mass is 269 g/mol. The number of halogens is 2. The normalized spacial score (nSPS) is 19.6. The third-order valence-corrected chi connectivity index (χ3v) is 3.48. The maximum Gasteiger partial charge on any atom is 0.254 e. The average molecular weight is 269 g/mol. The molecule has 0 aliphatic carbocycles. The molecule has 19 heavy (non-hydrogen) atoms. The van der Waals surface area contributed by atoms with E-state index in [1.807, 2.05) is 7.05 Å². The van der Waals surface area contributed by atoms with Gasteiger partial charge in [0.05, 0.1) is 11.3 Å². The number of carbonyl (C=O) groups excluding carboxylic acids is 1. The number of nitrogens with zero attached hydrogens (tertiary/aromatic N) is 1. The molecule has 1 aromatic carbocycles. The van der Waals surface area contributed by atoms with E-state index < -0.39 is 17.5 Å². The Balaban J connectivity index is 2.04. The van der Waals surface area contributed by atoms with E-state index in [0.29, 0.717) is 6.54 Å². The van der Waals surface area contributed by atoms with Crippen LogP contribution in [0.1, 0.15) is 23.2 Å². The van der Waals surface area contributed by atoms with Crippen molar-refractivity contribution in [2.75, 3.05) is 25.9 Å². The fourth-order valence-electron chi connectivity index (χ4n) is 2.32. The Morgan fingerprint density at radius 3 is 2.89 bits per heavy atom. The van der Waals surface area contributed by atoms with Gasteiger partial charge in [0.15, 0.2) is 5.82 Å². The lowest BCUT2D eigenvalue weighted by Crippen LogP contribution is -2.38. The molecule has 3 N–H and O–H groups in total. The fraction of sp³-hybridized carbons (Fsp3) is 0.462. The third-order valence-electron chi connectivity index (χ3n) is 3.48. The molecule has 0 aromatic heterocycles. The standard InChI is InChI=1S/C13H17F2N3O/c1-18-4-2-3-9(18)7-17-13(19)10-5-8(14)6-11(16)12(10)15/h5-6,9H,2-4,7,16H2,1H3,(H,17,19). The van der Waals surface area contributed by atoms with Crippen molar-refractivity contribution in [2.24, 2.45) is 0 Å². The molecule has 0 bridgehead atoms. The van der Waals surface area contributed by atoms with Gasteiger partial charge in [-0.05, 0) is 38.6 Å². The zero-order valence-electron chi connectivity index (χ0n) is 10.7. The highest BCUT2D eigenvalue weighted by atomic mass is 19.1. The van der Waals surface area contributed by atoms with Gasteiger partial charge in [-0.15, -0.1) is 0 Å². The number of nitrogen functional groups attached to an aromatic ring is 1. The Labute approximate surface area is 110 Å². The second kappa shape index (κ2) is 5.52. The van der Waals surface area contributed by atoms with Crippen LogP contribution in [-0.4, -0.2) is 37.0 Å². The van der Waals surface area contributed by atoms with E-state index in [0.717, 1.165) is 31.5 Å².